The summed E-state index contributed by atoms with van der Waals surface area (Å²) in [7, 11) is 2.18. The molecule has 0 amide bonds. The standard InChI is InChI=1S/C12H13O3P/c13-11-4-5-12(14)10(11)7-8-2-1-3-9(6-8)15-16/h1-6,10-11,13H,7,16H2. The Balaban J connectivity index is 2.12. The van der Waals surface area contributed by atoms with E-state index in [-0.39, 0.29) is 11.7 Å². The van der Waals surface area contributed by atoms with Crippen LogP contribution in [0.1, 0.15) is 5.56 Å². The van der Waals surface area contributed by atoms with E-state index in [1.807, 2.05) is 24.3 Å². The molecule has 0 heterocycles. The Hall–Kier alpha value is -1.18. The monoisotopic (exact) mass is 236 g/mol. The molecule has 0 fully saturated rings. The maximum Gasteiger partial charge on any atom is 0.161 e. The van der Waals surface area contributed by atoms with Gasteiger partial charge in [0.15, 0.2) is 5.78 Å². The second-order valence-electron chi connectivity index (χ2n) is 3.83. The lowest BCUT2D eigenvalue weighted by atomic mass is 9.94. The molecule has 0 spiro atoms. The molecular weight excluding hydrogens is 223 g/mol. The second kappa shape index (κ2) is 4.77. The third-order valence-electron chi connectivity index (χ3n) is 2.73. The van der Waals surface area contributed by atoms with Gasteiger partial charge in [0.1, 0.15) is 5.75 Å². The van der Waals surface area contributed by atoms with E-state index in [1.165, 1.54) is 6.08 Å². The van der Waals surface area contributed by atoms with Gasteiger partial charge < -0.3 is 9.63 Å². The van der Waals surface area contributed by atoms with E-state index < -0.39 is 6.10 Å². The zero-order chi connectivity index (χ0) is 11.5. The topological polar surface area (TPSA) is 46.5 Å². The van der Waals surface area contributed by atoms with E-state index in [0.717, 1.165) is 11.3 Å². The molecule has 84 valence electrons. The highest BCUT2D eigenvalue weighted by Crippen LogP contribution is 2.23. The minimum absolute atomic E-state index is 0.00954. The average Bonchev–Trinajstić information content (AvgIpc) is 2.61. The lowest BCUT2D eigenvalue weighted by Gasteiger charge is -2.13. The number of ketones is 1. The van der Waals surface area contributed by atoms with Crippen LogP contribution in [0.2, 0.25) is 0 Å². The molecule has 0 saturated carbocycles. The van der Waals surface area contributed by atoms with Crippen molar-refractivity contribution in [1.82, 2.24) is 0 Å². The van der Waals surface area contributed by atoms with Gasteiger partial charge in [-0.25, -0.2) is 0 Å². The van der Waals surface area contributed by atoms with Gasteiger partial charge in [0.2, 0.25) is 0 Å². The first-order valence-electron chi connectivity index (χ1n) is 5.06. The molecule has 4 heteroatoms. The number of carbonyl (C=O) groups is 1. The van der Waals surface area contributed by atoms with Crippen molar-refractivity contribution in [3.8, 4) is 5.75 Å². The molecule has 1 aliphatic carbocycles. The highest BCUT2D eigenvalue weighted by molar-refractivity contribution is 7.10. The molecule has 3 atom stereocenters. The summed E-state index contributed by atoms with van der Waals surface area (Å²) >= 11 is 0. The summed E-state index contributed by atoms with van der Waals surface area (Å²) in [6, 6.07) is 7.49. The van der Waals surface area contributed by atoms with Crippen LogP contribution in [-0.2, 0) is 11.2 Å². The lowest BCUT2D eigenvalue weighted by molar-refractivity contribution is -0.119. The first-order chi connectivity index (χ1) is 7.70. The van der Waals surface area contributed by atoms with Crippen molar-refractivity contribution < 1.29 is 14.4 Å². The summed E-state index contributed by atoms with van der Waals surface area (Å²) in [6.45, 7) is 0. The molecule has 0 bridgehead atoms. The second-order valence-corrected chi connectivity index (χ2v) is 4.06. The molecule has 3 unspecified atom stereocenters. The molecule has 0 aliphatic heterocycles. The van der Waals surface area contributed by atoms with Gasteiger partial charge in [-0.05, 0) is 30.2 Å². The molecule has 1 aliphatic rings. The third-order valence-corrected chi connectivity index (χ3v) is 3.00. The maximum absolute atomic E-state index is 11.5. The molecule has 0 aromatic heterocycles. The van der Waals surface area contributed by atoms with E-state index in [0.29, 0.717) is 6.42 Å². The molecule has 1 N–H and O–H groups in total. The predicted molar refractivity (Wildman–Crippen MR) is 64.1 cm³/mol. The van der Waals surface area contributed by atoms with Crippen LogP contribution in [0, 0.1) is 5.92 Å². The SMILES string of the molecule is O=C1C=CC(O)C1Cc1cccc(OP)c1. The minimum Gasteiger partial charge on any atom is -0.480 e. The lowest BCUT2D eigenvalue weighted by Crippen LogP contribution is -2.22. The fourth-order valence-corrected chi connectivity index (χ4v) is 1.99. The number of carbonyl (C=O) groups excluding carboxylic acids is 1. The van der Waals surface area contributed by atoms with Gasteiger partial charge in [-0.15, -0.1) is 0 Å². The summed E-state index contributed by atoms with van der Waals surface area (Å²) in [5.74, 6) is 0.375. The predicted octanol–water partition coefficient (Wildman–Crippen LogP) is 1.51. The van der Waals surface area contributed by atoms with Crippen LogP contribution in [0.5, 0.6) is 5.75 Å². The Morgan fingerprint density at radius 1 is 1.44 bits per heavy atom. The molecule has 2 rings (SSSR count). The fraction of sp³-hybridized carbons (Fsp3) is 0.250. The molecule has 3 nitrogen and oxygen atoms in total. The zero-order valence-corrected chi connectivity index (χ0v) is 9.82. The van der Waals surface area contributed by atoms with E-state index in [9.17, 15) is 9.90 Å². The number of allylic oxidation sites excluding steroid dienone is 1. The van der Waals surface area contributed by atoms with Crippen LogP contribution in [-0.4, -0.2) is 17.0 Å². The van der Waals surface area contributed by atoms with Crippen molar-refractivity contribution >= 4 is 15.2 Å². The van der Waals surface area contributed by atoms with E-state index in [2.05, 4.69) is 9.47 Å². The molecule has 1 aromatic carbocycles. The Labute approximate surface area is 96.4 Å². The first-order valence-corrected chi connectivity index (χ1v) is 5.53. The molecule has 0 radical (unpaired) electrons. The van der Waals surface area contributed by atoms with Crippen molar-refractivity contribution in [2.24, 2.45) is 5.92 Å². The van der Waals surface area contributed by atoms with Crippen molar-refractivity contribution in [2.45, 2.75) is 12.5 Å². The molecule has 16 heavy (non-hydrogen) atoms. The summed E-state index contributed by atoms with van der Waals surface area (Å²) in [5, 5.41) is 9.60. The van der Waals surface area contributed by atoms with Gasteiger partial charge in [0.25, 0.3) is 0 Å². The number of hydrogen-bond acceptors (Lipinski definition) is 3. The van der Waals surface area contributed by atoms with Gasteiger partial charge in [0, 0.05) is 0 Å². The number of aliphatic hydroxyl groups excluding tert-OH is 1. The highest BCUT2D eigenvalue weighted by atomic mass is 31.0. The van der Waals surface area contributed by atoms with Gasteiger partial charge in [0.05, 0.1) is 21.5 Å². The number of benzene rings is 1. The van der Waals surface area contributed by atoms with Gasteiger partial charge in [-0.1, -0.05) is 18.2 Å². The Bertz CT molecular complexity index is 428. The van der Waals surface area contributed by atoms with Crippen LogP contribution in [0.25, 0.3) is 0 Å². The molecule has 1 aromatic rings. The maximum atomic E-state index is 11.5. The van der Waals surface area contributed by atoms with Gasteiger partial charge >= 0.3 is 0 Å². The largest absolute Gasteiger partial charge is 0.480 e. The minimum atomic E-state index is -0.659. The van der Waals surface area contributed by atoms with Crippen molar-refractivity contribution in [3.63, 3.8) is 0 Å². The van der Waals surface area contributed by atoms with Crippen LogP contribution in [0.3, 0.4) is 0 Å². The van der Waals surface area contributed by atoms with Crippen molar-refractivity contribution in [1.29, 1.82) is 0 Å². The summed E-state index contributed by atoms with van der Waals surface area (Å²) in [5.41, 5.74) is 0.987. The number of aliphatic hydroxyl groups is 1. The van der Waals surface area contributed by atoms with E-state index in [4.69, 9.17) is 4.52 Å². The fourth-order valence-electron chi connectivity index (χ4n) is 1.84. The van der Waals surface area contributed by atoms with Crippen molar-refractivity contribution in [3.05, 3.63) is 42.0 Å². The van der Waals surface area contributed by atoms with Gasteiger partial charge in [-0.3, -0.25) is 4.79 Å². The summed E-state index contributed by atoms with van der Waals surface area (Å²) < 4.78 is 5.03. The highest BCUT2D eigenvalue weighted by Gasteiger charge is 2.28. The van der Waals surface area contributed by atoms with Crippen LogP contribution in [0.4, 0.5) is 0 Å². The van der Waals surface area contributed by atoms with Crippen LogP contribution >= 0.6 is 9.47 Å². The van der Waals surface area contributed by atoms with Crippen LogP contribution < -0.4 is 4.52 Å². The average molecular weight is 236 g/mol. The van der Waals surface area contributed by atoms with Crippen LogP contribution in [0.15, 0.2) is 36.4 Å². The summed E-state index contributed by atoms with van der Waals surface area (Å²) in [4.78, 5) is 11.5. The molecule has 0 saturated heterocycles. The smallest absolute Gasteiger partial charge is 0.161 e. The number of rotatable bonds is 3. The Morgan fingerprint density at radius 3 is 2.88 bits per heavy atom. The van der Waals surface area contributed by atoms with E-state index >= 15 is 0 Å². The zero-order valence-electron chi connectivity index (χ0n) is 8.67. The third kappa shape index (κ3) is 2.31. The van der Waals surface area contributed by atoms with Gasteiger partial charge in [-0.2, -0.15) is 0 Å². The number of hydrogen-bond donors (Lipinski definition) is 1. The quantitative estimate of drug-likeness (QED) is 0.809. The normalized spacial score (nSPS) is 23.8. The van der Waals surface area contributed by atoms with Crippen molar-refractivity contribution in [2.75, 3.05) is 0 Å². The molecular formula is C12H13O3P. The van der Waals surface area contributed by atoms with E-state index in [1.54, 1.807) is 6.08 Å². The summed E-state index contributed by atoms with van der Waals surface area (Å²) in [6.07, 6.45) is 2.87. The Morgan fingerprint density at radius 2 is 2.25 bits per heavy atom. The Kier molecular flexibility index (Phi) is 3.37. The first kappa shape index (κ1) is 11.3.